The number of ether oxygens (including phenoxy) is 1. The molecule has 1 aliphatic rings. The summed E-state index contributed by atoms with van der Waals surface area (Å²) in [7, 11) is 0. The Morgan fingerprint density at radius 1 is 1.10 bits per heavy atom. The first-order chi connectivity index (χ1) is 9.89. The van der Waals surface area contributed by atoms with Crippen LogP contribution in [0.15, 0.2) is 36.4 Å². The van der Waals surface area contributed by atoms with Gasteiger partial charge in [0.25, 0.3) is 0 Å². The van der Waals surface area contributed by atoms with Gasteiger partial charge in [-0.15, -0.1) is 0 Å². The number of hydrogen-bond donors (Lipinski definition) is 1. The average molecular weight is 323 g/mol. The van der Waals surface area contributed by atoms with E-state index in [0.29, 0.717) is 15.6 Å². The summed E-state index contributed by atoms with van der Waals surface area (Å²) in [5.41, 5.74) is 2.17. The van der Waals surface area contributed by atoms with E-state index < -0.39 is 6.10 Å². The summed E-state index contributed by atoms with van der Waals surface area (Å²) in [6, 6.07) is 11.1. The van der Waals surface area contributed by atoms with E-state index >= 15 is 0 Å². The van der Waals surface area contributed by atoms with Crippen LogP contribution in [0.1, 0.15) is 36.6 Å². The second kappa shape index (κ2) is 5.20. The van der Waals surface area contributed by atoms with Gasteiger partial charge in [-0.05, 0) is 25.5 Å². The van der Waals surface area contributed by atoms with Gasteiger partial charge in [-0.3, -0.25) is 0 Å². The molecule has 0 amide bonds. The van der Waals surface area contributed by atoms with Crippen molar-refractivity contribution in [1.29, 1.82) is 0 Å². The summed E-state index contributed by atoms with van der Waals surface area (Å²) in [6.07, 6.45) is -0.0355. The van der Waals surface area contributed by atoms with E-state index in [0.717, 1.165) is 23.3 Å². The predicted molar refractivity (Wildman–Crippen MR) is 85.4 cm³/mol. The zero-order valence-corrected chi connectivity index (χ0v) is 13.4. The molecule has 110 valence electrons. The summed E-state index contributed by atoms with van der Waals surface area (Å²) in [5, 5.41) is 11.5. The van der Waals surface area contributed by atoms with Crippen LogP contribution in [0.3, 0.4) is 0 Å². The minimum absolute atomic E-state index is 0.254. The summed E-state index contributed by atoms with van der Waals surface area (Å²) < 4.78 is 6.00. The van der Waals surface area contributed by atoms with E-state index in [9.17, 15) is 5.11 Å². The SMILES string of the molecule is CC1(C)Cc2cccc(C(O)c3cccc(Cl)c3Cl)c2O1. The largest absolute Gasteiger partial charge is 0.487 e. The number of hydrogen-bond acceptors (Lipinski definition) is 2. The maximum absolute atomic E-state index is 10.7. The third-order valence-corrected chi connectivity index (χ3v) is 4.53. The predicted octanol–water partition coefficient (Wildman–Crippen LogP) is 4.79. The molecule has 1 aliphatic heterocycles. The minimum atomic E-state index is -0.861. The summed E-state index contributed by atoms with van der Waals surface area (Å²) in [6.45, 7) is 4.07. The molecule has 0 spiro atoms. The molecule has 1 N–H and O–H groups in total. The Labute approximate surface area is 134 Å². The van der Waals surface area contributed by atoms with Gasteiger partial charge in [-0.25, -0.2) is 0 Å². The van der Waals surface area contributed by atoms with Crippen LogP contribution in [0.2, 0.25) is 10.0 Å². The lowest BCUT2D eigenvalue weighted by molar-refractivity contribution is 0.131. The van der Waals surface area contributed by atoms with Gasteiger partial charge in [-0.1, -0.05) is 53.5 Å². The highest BCUT2D eigenvalue weighted by Gasteiger charge is 2.33. The fourth-order valence-electron chi connectivity index (χ4n) is 2.75. The van der Waals surface area contributed by atoms with Gasteiger partial charge in [0.1, 0.15) is 17.5 Å². The average Bonchev–Trinajstić information content (AvgIpc) is 2.74. The van der Waals surface area contributed by atoms with Crippen LogP contribution in [0.25, 0.3) is 0 Å². The first kappa shape index (κ1) is 14.7. The van der Waals surface area contributed by atoms with E-state index in [2.05, 4.69) is 0 Å². The van der Waals surface area contributed by atoms with Crippen molar-refractivity contribution in [3.63, 3.8) is 0 Å². The standard InChI is InChI=1S/C17H16Cl2O2/c1-17(2)9-10-5-3-7-12(16(10)21-17)15(20)11-6-4-8-13(18)14(11)19/h3-8,15,20H,9H2,1-2H3. The smallest absolute Gasteiger partial charge is 0.129 e. The molecule has 21 heavy (non-hydrogen) atoms. The van der Waals surface area contributed by atoms with Crippen molar-refractivity contribution < 1.29 is 9.84 Å². The van der Waals surface area contributed by atoms with Gasteiger partial charge < -0.3 is 9.84 Å². The quantitative estimate of drug-likeness (QED) is 0.861. The van der Waals surface area contributed by atoms with Gasteiger partial charge in [0.2, 0.25) is 0 Å². The first-order valence-corrected chi connectivity index (χ1v) is 7.57. The van der Waals surface area contributed by atoms with Crippen molar-refractivity contribution in [2.75, 3.05) is 0 Å². The molecule has 0 fully saturated rings. The molecule has 0 aromatic heterocycles. The first-order valence-electron chi connectivity index (χ1n) is 6.82. The van der Waals surface area contributed by atoms with E-state index in [-0.39, 0.29) is 5.60 Å². The minimum Gasteiger partial charge on any atom is -0.487 e. The fourth-order valence-corrected chi connectivity index (χ4v) is 3.17. The van der Waals surface area contributed by atoms with Crippen LogP contribution in [0.4, 0.5) is 0 Å². The lowest BCUT2D eigenvalue weighted by Crippen LogP contribution is -2.25. The Morgan fingerprint density at radius 3 is 2.52 bits per heavy atom. The number of aliphatic hydroxyl groups excluding tert-OH is 1. The molecule has 0 saturated carbocycles. The van der Waals surface area contributed by atoms with E-state index in [1.807, 2.05) is 32.0 Å². The van der Waals surface area contributed by atoms with Gasteiger partial charge >= 0.3 is 0 Å². The molecule has 2 aromatic carbocycles. The second-order valence-corrected chi connectivity index (χ2v) is 6.70. The van der Waals surface area contributed by atoms with Crippen molar-refractivity contribution in [2.24, 2.45) is 0 Å². The molecule has 3 rings (SSSR count). The summed E-state index contributed by atoms with van der Waals surface area (Å²) >= 11 is 12.2. The van der Waals surface area contributed by atoms with Gasteiger partial charge in [0.15, 0.2) is 0 Å². The molecule has 0 aliphatic carbocycles. The van der Waals surface area contributed by atoms with E-state index in [1.165, 1.54) is 0 Å². The van der Waals surface area contributed by atoms with Crippen LogP contribution >= 0.6 is 23.2 Å². The highest BCUT2D eigenvalue weighted by molar-refractivity contribution is 6.42. The lowest BCUT2D eigenvalue weighted by Gasteiger charge is -2.20. The van der Waals surface area contributed by atoms with E-state index in [1.54, 1.807) is 18.2 Å². The van der Waals surface area contributed by atoms with Crippen LogP contribution in [-0.2, 0) is 6.42 Å². The van der Waals surface area contributed by atoms with Gasteiger partial charge in [0.05, 0.1) is 10.0 Å². The zero-order valence-electron chi connectivity index (χ0n) is 11.9. The Morgan fingerprint density at radius 2 is 1.76 bits per heavy atom. The Hall–Kier alpha value is -1.22. The van der Waals surface area contributed by atoms with Gasteiger partial charge in [0, 0.05) is 17.5 Å². The van der Waals surface area contributed by atoms with Crippen LogP contribution in [0, 0.1) is 0 Å². The molecular weight excluding hydrogens is 307 g/mol. The van der Waals surface area contributed by atoms with E-state index in [4.69, 9.17) is 27.9 Å². The molecule has 4 heteroatoms. The number of aliphatic hydroxyl groups is 1. The van der Waals surface area contributed by atoms with Crippen LogP contribution < -0.4 is 4.74 Å². The van der Waals surface area contributed by atoms with Crippen molar-refractivity contribution >= 4 is 23.2 Å². The number of rotatable bonds is 2. The van der Waals surface area contributed by atoms with Crippen molar-refractivity contribution in [3.05, 3.63) is 63.1 Å². The Kier molecular flexibility index (Phi) is 3.64. The zero-order chi connectivity index (χ0) is 15.2. The highest BCUT2D eigenvalue weighted by Crippen LogP contribution is 2.43. The lowest BCUT2D eigenvalue weighted by atomic mass is 9.96. The third-order valence-electron chi connectivity index (χ3n) is 3.69. The highest BCUT2D eigenvalue weighted by atomic mass is 35.5. The summed E-state index contributed by atoms with van der Waals surface area (Å²) in [4.78, 5) is 0. The molecule has 0 radical (unpaired) electrons. The molecule has 0 bridgehead atoms. The molecule has 2 aromatic rings. The molecule has 2 nitrogen and oxygen atoms in total. The molecule has 0 saturated heterocycles. The number of halogens is 2. The van der Waals surface area contributed by atoms with Crippen molar-refractivity contribution in [3.8, 4) is 5.75 Å². The molecular formula is C17H16Cl2O2. The second-order valence-electron chi connectivity index (χ2n) is 5.92. The van der Waals surface area contributed by atoms with Gasteiger partial charge in [-0.2, -0.15) is 0 Å². The summed E-state index contributed by atoms with van der Waals surface area (Å²) in [5.74, 6) is 0.756. The third kappa shape index (κ3) is 2.64. The monoisotopic (exact) mass is 322 g/mol. The normalized spacial score (nSPS) is 17.2. The van der Waals surface area contributed by atoms with Crippen LogP contribution in [-0.4, -0.2) is 10.7 Å². The maximum Gasteiger partial charge on any atom is 0.129 e. The molecule has 1 heterocycles. The molecule has 1 unspecified atom stereocenters. The topological polar surface area (TPSA) is 29.5 Å². The van der Waals surface area contributed by atoms with Crippen molar-refractivity contribution in [1.82, 2.24) is 0 Å². The maximum atomic E-state index is 10.7. The molecule has 1 atom stereocenters. The Balaban J connectivity index is 2.07. The van der Waals surface area contributed by atoms with Crippen LogP contribution in [0.5, 0.6) is 5.75 Å². The Bertz CT molecular complexity index is 695. The van der Waals surface area contributed by atoms with Crippen molar-refractivity contribution in [2.45, 2.75) is 32.0 Å². The number of benzene rings is 2. The number of para-hydroxylation sites is 1. The number of fused-ring (bicyclic) bond motifs is 1. The fraction of sp³-hybridized carbons (Fsp3) is 0.294.